The van der Waals surface area contributed by atoms with E-state index in [0.717, 1.165) is 11.6 Å². The fraction of sp³-hybridized carbons (Fsp3) is 0.0476. The van der Waals surface area contributed by atoms with Gasteiger partial charge in [0, 0.05) is 21.3 Å². The summed E-state index contributed by atoms with van der Waals surface area (Å²) in [5.74, 6) is -0.850. The molecule has 0 saturated carbocycles. The topological polar surface area (TPSA) is 55.1 Å². The van der Waals surface area contributed by atoms with Crippen molar-refractivity contribution >= 4 is 45.9 Å². The second-order valence-electron chi connectivity index (χ2n) is 6.19. The van der Waals surface area contributed by atoms with Gasteiger partial charge in [-0.05, 0) is 61.0 Å². The van der Waals surface area contributed by atoms with Crippen molar-refractivity contribution in [1.29, 1.82) is 0 Å². The van der Waals surface area contributed by atoms with Gasteiger partial charge < -0.3 is 9.73 Å². The second kappa shape index (κ2) is 7.26. The Morgan fingerprint density at radius 1 is 1.07 bits per heavy atom. The first-order valence-corrected chi connectivity index (χ1v) is 9.10. The molecular formula is C21H13Cl2FN2O2. The number of halogens is 3. The van der Waals surface area contributed by atoms with Crippen LogP contribution < -0.4 is 5.32 Å². The predicted molar refractivity (Wildman–Crippen MR) is 109 cm³/mol. The number of nitrogens with zero attached hydrogens (tertiary/aromatic N) is 1. The zero-order valence-electron chi connectivity index (χ0n) is 14.6. The number of oxazole rings is 1. The molecule has 0 aliphatic rings. The Morgan fingerprint density at radius 2 is 1.82 bits per heavy atom. The molecule has 3 aromatic carbocycles. The molecule has 4 nitrogen and oxygen atoms in total. The van der Waals surface area contributed by atoms with E-state index in [9.17, 15) is 9.18 Å². The molecular weight excluding hydrogens is 402 g/mol. The summed E-state index contributed by atoms with van der Waals surface area (Å²) in [6, 6.07) is 14.4. The molecule has 140 valence electrons. The number of fused-ring (bicyclic) bond motifs is 1. The standard InChI is InChI=1S/C21H13Cl2FN2O2/c1-11-14(21-26-18-10-13(23)6-8-19(18)28-21)3-2-4-17(11)25-20(27)15-7-5-12(22)9-16(15)24/h2-10H,1H3,(H,25,27). The van der Waals surface area contributed by atoms with Gasteiger partial charge in [0.2, 0.25) is 5.89 Å². The van der Waals surface area contributed by atoms with Crippen LogP contribution in [0.15, 0.2) is 59.0 Å². The lowest BCUT2D eigenvalue weighted by atomic mass is 10.1. The van der Waals surface area contributed by atoms with Crippen LogP contribution in [0, 0.1) is 12.7 Å². The molecule has 0 spiro atoms. The third-order valence-corrected chi connectivity index (χ3v) is 4.81. The van der Waals surface area contributed by atoms with Crippen LogP contribution in [-0.4, -0.2) is 10.9 Å². The summed E-state index contributed by atoms with van der Waals surface area (Å²) in [6.07, 6.45) is 0. The maximum Gasteiger partial charge on any atom is 0.258 e. The predicted octanol–water partition coefficient (Wildman–Crippen LogP) is 6.50. The van der Waals surface area contributed by atoms with Crippen molar-refractivity contribution in [3.63, 3.8) is 0 Å². The average molecular weight is 415 g/mol. The van der Waals surface area contributed by atoms with Crippen molar-refractivity contribution in [2.75, 3.05) is 5.32 Å². The quantitative estimate of drug-likeness (QED) is 0.416. The van der Waals surface area contributed by atoms with Gasteiger partial charge >= 0.3 is 0 Å². The molecule has 4 aromatic rings. The molecule has 0 aliphatic heterocycles. The number of benzene rings is 3. The van der Waals surface area contributed by atoms with Gasteiger partial charge in [-0.15, -0.1) is 0 Å². The van der Waals surface area contributed by atoms with Crippen molar-refractivity contribution < 1.29 is 13.6 Å². The molecule has 7 heteroatoms. The first kappa shape index (κ1) is 18.5. The van der Waals surface area contributed by atoms with Crippen molar-refractivity contribution in [1.82, 2.24) is 4.98 Å². The zero-order valence-corrected chi connectivity index (χ0v) is 16.1. The normalized spacial score (nSPS) is 11.0. The summed E-state index contributed by atoms with van der Waals surface area (Å²) in [4.78, 5) is 16.9. The number of anilines is 1. The first-order valence-electron chi connectivity index (χ1n) is 8.35. The van der Waals surface area contributed by atoms with Crippen LogP contribution in [-0.2, 0) is 0 Å². The molecule has 1 amide bonds. The molecule has 0 unspecified atom stereocenters. The summed E-state index contributed by atoms with van der Waals surface area (Å²) >= 11 is 11.7. The molecule has 0 saturated heterocycles. The highest BCUT2D eigenvalue weighted by atomic mass is 35.5. The lowest BCUT2D eigenvalue weighted by Crippen LogP contribution is -2.14. The van der Waals surface area contributed by atoms with Crippen LogP contribution >= 0.6 is 23.2 Å². The molecule has 0 bridgehead atoms. The maximum atomic E-state index is 14.0. The zero-order chi connectivity index (χ0) is 19.8. The SMILES string of the molecule is Cc1c(NC(=O)c2ccc(Cl)cc2F)cccc1-c1nc2cc(Cl)ccc2o1. The number of rotatable bonds is 3. The first-order chi connectivity index (χ1) is 13.4. The summed E-state index contributed by atoms with van der Waals surface area (Å²) < 4.78 is 19.8. The molecule has 4 rings (SSSR count). The van der Waals surface area contributed by atoms with E-state index in [2.05, 4.69) is 10.3 Å². The number of hydrogen-bond acceptors (Lipinski definition) is 3. The smallest absolute Gasteiger partial charge is 0.258 e. The lowest BCUT2D eigenvalue weighted by molar-refractivity contribution is 0.102. The van der Waals surface area contributed by atoms with E-state index >= 15 is 0 Å². The Morgan fingerprint density at radius 3 is 2.61 bits per heavy atom. The Labute approximate surface area is 169 Å². The van der Waals surface area contributed by atoms with Crippen LogP contribution in [0.5, 0.6) is 0 Å². The Kier molecular flexibility index (Phi) is 4.79. The van der Waals surface area contributed by atoms with Crippen LogP contribution in [0.2, 0.25) is 10.0 Å². The molecule has 1 heterocycles. The number of carbonyl (C=O) groups excluding carboxylic acids is 1. The minimum Gasteiger partial charge on any atom is -0.436 e. The molecule has 0 radical (unpaired) electrons. The summed E-state index contributed by atoms with van der Waals surface area (Å²) in [7, 11) is 0. The Bertz CT molecular complexity index is 1220. The number of aromatic nitrogens is 1. The fourth-order valence-corrected chi connectivity index (χ4v) is 3.21. The highest BCUT2D eigenvalue weighted by molar-refractivity contribution is 6.31. The van der Waals surface area contributed by atoms with E-state index < -0.39 is 11.7 Å². The van der Waals surface area contributed by atoms with E-state index in [1.54, 1.807) is 30.3 Å². The molecule has 1 N–H and O–H groups in total. The number of nitrogens with one attached hydrogen (secondary N) is 1. The second-order valence-corrected chi connectivity index (χ2v) is 7.06. The van der Waals surface area contributed by atoms with E-state index in [0.29, 0.717) is 33.3 Å². The average Bonchev–Trinajstić information content (AvgIpc) is 3.06. The number of carbonyl (C=O) groups is 1. The van der Waals surface area contributed by atoms with Crippen molar-refractivity contribution in [3.8, 4) is 11.5 Å². The van der Waals surface area contributed by atoms with Gasteiger partial charge in [-0.25, -0.2) is 9.37 Å². The highest BCUT2D eigenvalue weighted by Crippen LogP contribution is 2.31. The fourth-order valence-electron chi connectivity index (χ4n) is 2.88. The van der Waals surface area contributed by atoms with Crippen LogP contribution in [0.1, 0.15) is 15.9 Å². The third kappa shape index (κ3) is 3.46. The summed E-state index contributed by atoms with van der Waals surface area (Å²) in [5, 5.41) is 3.52. The molecule has 0 fully saturated rings. The largest absolute Gasteiger partial charge is 0.436 e. The van der Waals surface area contributed by atoms with Gasteiger partial charge in [0.05, 0.1) is 5.56 Å². The Balaban J connectivity index is 1.69. The molecule has 28 heavy (non-hydrogen) atoms. The van der Waals surface area contributed by atoms with Crippen LogP contribution in [0.4, 0.5) is 10.1 Å². The van der Waals surface area contributed by atoms with Gasteiger partial charge in [0.25, 0.3) is 5.91 Å². The molecule has 1 aromatic heterocycles. The lowest BCUT2D eigenvalue weighted by Gasteiger charge is -2.11. The number of amides is 1. The number of hydrogen-bond donors (Lipinski definition) is 1. The minimum atomic E-state index is -0.686. The summed E-state index contributed by atoms with van der Waals surface area (Å²) in [6.45, 7) is 1.82. The monoisotopic (exact) mass is 414 g/mol. The summed E-state index contributed by atoms with van der Waals surface area (Å²) in [5.41, 5.74) is 3.13. The Hall–Kier alpha value is -2.89. The highest BCUT2D eigenvalue weighted by Gasteiger charge is 2.17. The van der Waals surface area contributed by atoms with Crippen LogP contribution in [0.25, 0.3) is 22.6 Å². The van der Waals surface area contributed by atoms with Crippen LogP contribution in [0.3, 0.4) is 0 Å². The minimum absolute atomic E-state index is 0.0919. The maximum absolute atomic E-state index is 14.0. The van der Waals surface area contributed by atoms with Crippen molar-refractivity contribution in [3.05, 3.63) is 81.6 Å². The third-order valence-electron chi connectivity index (χ3n) is 4.34. The van der Waals surface area contributed by atoms with Gasteiger partial charge in [-0.1, -0.05) is 29.3 Å². The van der Waals surface area contributed by atoms with Crippen molar-refractivity contribution in [2.24, 2.45) is 0 Å². The van der Waals surface area contributed by atoms with Gasteiger partial charge in [0.15, 0.2) is 5.58 Å². The van der Waals surface area contributed by atoms with E-state index in [1.165, 1.54) is 12.1 Å². The van der Waals surface area contributed by atoms with E-state index in [4.69, 9.17) is 27.6 Å². The molecule has 0 aliphatic carbocycles. The van der Waals surface area contributed by atoms with Gasteiger partial charge in [0.1, 0.15) is 11.3 Å². The van der Waals surface area contributed by atoms with E-state index in [-0.39, 0.29) is 10.6 Å². The van der Waals surface area contributed by atoms with Gasteiger partial charge in [-0.3, -0.25) is 4.79 Å². The van der Waals surface area contributed by atoms with E-state index in [1.807, 2.05) is 13.0 Å². The van der Waals surface area contributed by atoms with Crippen molar-refractivity contribution in [2.45, 2.75) is 6.92 Å². The van der Waals surface area contributed by atoms with Gasteiger partial charge in [-0.2, -0.15) is 0 Å². The molecule has 0 atom stereocenters.